The van der Waals surface area contributed by atoms with Crippen molar-refractivity contribution in [1.82, 2.24) is 5.32 Å². The first-order valence-electron chi connectivity index (χ1n) is 10.4. The van der Waals surface area contributed by atoms with Crippen molar-refractivity contribution in [3.63, 3.8) is 0 Å². The minimum absolute atomic E-state index is 0.830. The predicted molar refractivity (Wildman–Crippen MR) is 125 cm³/mol. The van der Waals surface area contributed by atoms with Gasteiger partial charge in [-0.3, -0.25) is 0 Å². The van der Waals surface area contributed by atoms with E-state index in [1.165, 1.54) is 28.3 Å². The highest BCUT2D eigenvalue weighted by Crippen LogP contribution is 2.38. The minimum Gasteiger partial charge on any atom is -0.376 e. The van der Waals surface area contributed by atoms with Crippen LogP contribution < -0.4 is 20.0 Å². The molecule has 0 radical (unpaired) electrons. The summed E-state index contributed by atoms with van der Waals surface area (Å²) in [7, 11) is 4.24. The van der Waals surface area contributed by atoms with Gasteiger partial charge >= 0.3 is 0 Å². The van der Waals surface area contributed by atoms with E-state index in [0.29, 0.717) is 0 Å². The van der Waals surface area contributed by atoms with Crippen LogP contribution >= 0.6 is 0 Å². The summed E-state index contributed by atoms with van der Waals surface area (Å²) in [5.74, 6) is 0. The van der Waals surface area contributed by atoms with Gasteiger partial charge in [0.15, 0.2) is 0 Å². The van der Waals surface area contributed by atoms with Crippen molar-refractivity contribution in [2.45, 2.75) is 6.54 Å². The van der Waals surface area contributed by atoms with Crippen molar-refractivity contribution in [1.29, 1.82) is 0 Å². The molecule has 3 aromatic carbocycles. The maximum absolute atomic E-state index is 3.45. The van der Waals surface area contributed by atoms with Crippen molar-refractivity contribution >= 4 is 22.7 Å². The Bertz CT molecular complexity index is 903. The number of nitrogens with zero attached hydrogens (tertiary/aromatic N) is 3. The smallest absolute Gasteiger partial charge is 0.0672 e. The standard InChI is InChI=1S/C25H30N4/c1-27(2)24-14-13-23(28-17-15-26-16-18-28)19-25(24)29(22-11-7-4-8-12-22)20-21-9-5-3-6-10-21/h3-14,19,26H,15-18,20H2,1-2H3. The zero-order valence-electron chi connectivity index (χ0n) is 17.4. The Balaban J connectivity index is 1.79. The Hall–Kier alpha value is -2.98. The van der Waals surface area contributed by atoms with Crippen molar-refractivity contribution in [3.05, 3.63) is 84.4 Å². The van der Waals surface area contributed by atoms with Gasteiger partial charge in [0.25, 0.3) is 0 Å². The number of anilines is 4. The Kier molecular flexibility index (Phi) is 6.01. The number of hydrogen-bond donors (Lipinski definition) is 1. The van der Waals surface area contributed by atoms with Crippen LogP contribution in [0.4, 0.5) is 22.7 Å². The quantitative estimate of drug-likeness (QED) is 0.673. The van der Waals surface area contributed by atoms with Gasteiger partial charge in [0, 0.05) is 58.2 Å². The van der Waals surface area contributed by atoms with Gasteiger partial charge in [-0.15, -0.1) is 0 Å². The largest absolute Gasteiger partial charge is 0.376 e. The van der Waals surface area contributed by atoms with E-state index in [1.54, 1.807) is 0 Å². The van der Waals surface area contributed by atoms with Gasteiger partial charge in [-0.2, -0.15) is 0 Å². The van der Waals surface area contributed by atoms with Crippen LogP contribution in [0.25, 0.3) is 0 Å². The molecule has 0 amide bonds. The molecule has 150 valence electrons. The van der Waals surface area contributed by atoms with Crippen LogP contribution in [0.5, 0.6) is 0 Å². The molecule has 0 bridgehead atoms. The first kappa shape index (κ1) is 19.3. The lowest BCUT2D eigenvalue weighted by Crippen LogP contribution is -2.43. The molecule has 0 atom stereocenters. The molecule has 0 saturated carbocycles. The van der Waals surface area contributed by atoms with Crippen molar-refractivity contribution in [2.75, 3.05) is 55.0 Å². The topological polar surface area (TPSA) is 21.8 Å². The number of benzene rings is 3. The van der Waals surface area contributed by atoms with Gasteiger partial charge in [-0.25, -0.2) is 0 Å². The van der Waals surface area contributed by atoms with E-state index < -0.39 is 0 Å². The molecule has 29 heavy (non-hydrogen) atoms. The molecule has 0 spiro atoms. The third kappa shape index (κ3) is 4.54. The number of rotatable bonds is 6. The molecule has 1 fully saturated rings. The number of nitrogens with one attached hydrogen (secondary N) is 1. The van der Waals surface area contributed by atoms with E-state index >= 15 is 0 Å². The summed E-state index contributed by atoms with van der Waals surface area (Å²) < 4.78 is 0. The highest BCUT2D eigenvalue weighted by atomic mass is 15.2. The molecule has 3 aromatic rings. The van der Waals surface area contributed by atoms with Crippen LogP contribution in [0.1, 0.15) is 5.56 Å². The lowest BCUT2D eigenvalue weighted by Gasteiger charge is -2.33. The highest BCUT2D eigenvalue weighted by Gasteiger charge is 2.19. The molecule has 4 rings (SSSR count). The lowest BCUT2D eigenvalue weighted by atomic mass is 10.1. The molecular formula is C25H30N4. The Labute approximate surface area is 174 Å². The van der Waals surface area contributed by atoms with Crippen LogP contribution in [0.2, 0.25) is 0 Å². The van der Waals surface area contributed by atoms with Gasteiger partial charge in [0.2, 0.25) is 0 Å². The third-order valence-corrected chi connectivity index (χ3v) is 5.47. The van der Waals surface area contributed by atoms with Crippen LogP contribution in [-0.2, 0) is 6.54 Å². The molecule has 1 saturated heterocycles. The lowest BCUT2D eigenvalue weighted by molar-refractivity contribution is 0.589. The summed E-state index contributed by atoms with van der Waals surface area (Å²) >= 11 is 0. The third-order valence-electron chi connectivity index (χ3n) is 5.47. The summed E-state index contributed by atoms with van der Waals surface area (Å²) in [6.07, 6.45) is 0. The van der Waals surface area contributed by atoms with Gasteiger partial charge in [-0.05, 0) is 35.9 Å². The second kappa shape index (κ2) is 9.01. The zero-order valence-corrected chi connectivity index (χ0v) is 17.4. The fourth-order valence-corrected chi connectivity index (χ4v) is 3.92. The number of hydrogen-bond acceptors (Lipinski definition) is 4. The second-order valence-electron chi connectivity index (χ2n) is 7.71. The molecule has 4 nitrogen and oxygen atoms in total. The molecule has 0 aliphatic carbocycles. The van der Waals surface area contributed by atoms with Gasteiger partial charge in [0.05, 0.1) is 11.4 Å². The second-order valence-corrected chi connectivity index (χ2v) is 7.71. The Morgan fingerprint density at radius 3 is 2.10 bits per heavy atom. The van der Waals surface area contributed by atoms with Crippen LogP contribution in [0, 0.1) is 0 Å². The van der Waals surface area contributed by atoms with Gasteiger partial charge in [0.1, 0.15) is 0 Å². The molecule has 1 heterocycles. The summed E-state index contributed by atoms with van der Waals surface area (Å²) in [6.45, 7) is 5.00. The van der Waals surface area contributed by atoms with Crippen LogP contribution in [0.15, 0.2) is 78.9 Å². The maximum Gasteiger partial charge on any atom is 0.0672 e. The summed E-state index contributed by atoms with van der Waals surface area (Å²) in [6, 6.07) is 28.3. The summed E-state index contributed by atoms with van der Waals surface area (Å²) in [4.78, 5) is 7.11. The predicted octanol–water partition coefficient (Wildman–Crippen LogP) is 4.50. The molecule has 4 heteroatoms. The molecular weight excluding hydrogens is 356 g/mol. The fraction of sp³-hybridized carbons (Fsp3) is 0.280. The van der Waals surface area contributed by atoms with Crippen LogP contribution in [-0.4, -0.2) is 40.3 Å². The first-order chi connectivity index (χ1) is 14.2. The summed E-state index contributed by atoms with van der Waals surface area (Å²) in [5, 5.41) is 3.45. The zero-order chi connectivity index (χ0) is 20.1. The molecule has 0 unspecified atom stereocenters. The van der Waals surface area contributed by atoms with E-state index in [1.807, 2.05) is 0 Å². The maximum atomic E-state index is 3.45. The van der Waals surface area contributed by atoms with Gasteiger partial charge < -0.3 is 20.0 Å². The Morgan fingerprint density at radius 1 is 0.793 bits per heavy atom. The average Bonchev–Trinajstić information content (AvgIpc) is 2.79. The van der Waals surface area contributed by atoms with Crippen molar-refractivity contribution in [2.24, 2.45) is 0 Å². The minimum atomic E-state index is 0.830. The first-order valence-corrected chi connectivity index (χ1v) is 10.4. The van der Waals surface area contributed by atoms with E-state index in [2.05, 4.69) is 113 Å². The molecule has 1 N–H and O–H groups in total. The molecule has 1 aliphatic heterocycles. The van der Waals surface area contributed by atoms with E-state index in [-0.39, 0.29) is 0 Å². The van der Waals surface area contributed by atoms with Crippen molar-refractivity contribution < 1.29 is 0 Å². The number of piperazine rings is 1. The van der Waals surface area contributed by atoms with E-state index in [4.69, 9.17) is 0 Å². The van der Waals surface area contributed by atoms with Gasteiger partial charge in [-0.1, -0.05) is 48.5 Å². The molecule has 0 aromatic heterocycles. The fourth-order valence-electron chi connectivity index (χ4n) is 3.92. The van der Waals surface area contributed by atoms with E-state index in [0.717, 1.165) is 32.7 Å². The van der Waals surface area contributed by atoms with Crippen LogP contribution in [0.3, 0.4) is 0 Å². The SMILES string of the molecule is CN(C)c1ccc(N2CCNCC2)cc1N(Cc1ccccc1)c1ccccc1. The highest BCUT2D eigenvalue weighted by molar-refractivity contribution is 5.80. The number of para-hydroxylation sites is 1. The Morgan fingerprint density at radius 2 is 1.45 bits per heavy atom. The molecule has 1 aliphatic rings. The average molecular weight is 387 g/mol. The van der Waals surface area contributed by atoms with Crippen molar-refractivity contribution in [3.8, 4) is 0 Å². The monoisotopic (exact) mass is 386 g/mol. The summed E-state index contributed by atoms with van der Waals surface area (Å²) in [5.41, 5.74) is 6.26. The van der Waals surface area contributed by atoms with E-state index in [9.17, 15) is 0 Å². The normalized spacial score (nSPS) is 13.9.